The largest absolute Gasteiger partial charge is 0.464 e. The first kappa shape index (κ1) is 13.2. The van der Waals surface area contributed by atoms with Gasteiger partial charge in [-0.2, -0.15) is 11.8 Å². The smallest absolute Gasteiger partial charge is 0.324 e. The van der Waals surface area contributed by atoms with Gasteiger partial charge in [0.2, 0.25) is 0 Å². The van der Waals surface area contributed by atoms with Gasteiger partial charge in [-0.25, -0.2) is 0 Å². The summed E-state index contributed by atoms with van der Waals surface area (Å²) in [6, 6.07) is -0.0743. The summed E-state index contributed by atoms with van der Waals surface area (Å²) in [5.41, 5.74) is 0. The Morgan fingerprint density at radius 3 is 3.06 bits per heavy atom. The van der Waals surface area contributed by atoms with E-state index in [0.29, 0.717) is 12.5 Å². The Balaban J connectivity index is 1.68. The zero-order valence-corrected chi connectivity index (χ0v) is 11.4. The summed E-state index contributed by atoms with van der Waals surface area (Å²) in [7, 11) is 0. The Kier molecular flexibility index (Phi) is 5.16. The van der Waals surface area contributed by atoms with Crippen LogP contribution < -0.4 is 5.32 Å². The molecule has 1 N–H and O–H groups in total. The van der Waals surface area contributed by atoms with Crippen molar-refractivity contribution in [2.75, 3.05) is 24.7 Å². The predicted molar refractivity (Wildman–Crippen MR) is 71.2 cm³/mol. The summed E-state index contributed by atoms with van der Waals surface area (Å²) in [5, 5.41) is 3.22. The molecule has 98 valence electrons. The van der Waals surface area contributed by atoms with Crippen LogP contribution in [0.25, 0.3) is 0 Å². The van der Waals surface area contributed by atoms with Gasteiger partial charge in [0.05, 0.1) is 6.61 Å². The van der Waals surface area contributed by atoms with Crippen molar-refractivity contribution < 1.29 is 9.53 Å². The molecule has 3 atom stereocenters. The zero-order valence-electron chi connectivity index (χ0n) is 10.6. The van der Waals surface area contributed by atoms with Gasteiger partial charge in [0.25, 0.3) is 0 Å². The molecule has 1 saturated carbocycles. The van der Waals surface area contributed by atoms with Crippen LogP contribution in [-0.4, -0.2) is 36.7 Å². The Hall–Kier alpha value is -0.220. The summed E-state index contributed by atoms with van der Waals surface area (Å²) < 4.78 is 5.45. The van der Waals surface area contributed by atoms with Crippen LogP contribution >= 0.6 is 11.8 Å². The summed E-state index contributed by atoms with van der Waals surface area (Å²) in [6.45, 7) is 3.85. The van der Waals surface area contributed by atoms with Crippen molar-refractivity contribution in [2.45, 2.75) is 38.6 Å². The summed E-state index contributed by atoms with van der Waals surface area (Å²) in [6.07, 6.45) is 5.08. The molecule has 0 spiro atoms. The first-order chi connectivity index (χ1) is 8.25. The molecule has 1 aliphatic heterocycles. The van der Waals surface area contributed by atoms with Crippen molar-refractivity contribution in [1.29, 1.82) is 0 Å². The summed E-state index contributed by atoms with van der Waals surface area (Å²) in [4.78, 5) is 11.8. The lowest BCUT2D eigenvalue weighted by atomic mass is 9.83. The SMILES string of the molecule is CC1CCCC(COC(=O)C2CSCCN2)C1. The number of rotatable bonds is 3. The van der Waals surface area contributed by atoms with Crippen LogP contribution in [0.4, 0.5) is 0 Å². The monoisotopic (exact) mass is 257 g/mol. The van der Waals surface area contributed by atoms with E-state index in [-0.39, 0.29) is 12.0 Å². The second-order valence-electron chi connectivity index (χ2n) is 5.35. The van der Waals surface area contributed by atoms with Gasteiger partial charge in [-0.15, -0.1) is 0 Å². The molecule has 0 aromatic heterocycles. The average Bonchev–Trinajstić information content (AvgIpc) is 2.37. The van der Waals surface area contributed by atoms with Crippen molar-refractivity contribution >= 4 is 17.7 Å². The third-order valence-electron chi connectivity index (χ3n) is 3.71. The van der Waals surface area contributed by atoms with Gasteiger partial charge < -0.3 is 10.1 Å². The van der Waals surface area contributed by atoms with Crippen molar-refractivity contribution in [3.63, 3.8) is 0 Å². The molecule has 2 fully saturated rings. The molecule has 2 rings (SSSR count). The standard InChI is InChI=1S/C13H23NO2S/c1-10-3-2-4-11(7-10)8-16-13(15)12-9-17-6-5-14-12/h10-12,14H,2-9H2,1H3. The minimum absolute atomic E-state index is 0.0459. The highest BCUT2D eigenvalue weighted by atomic mass is 32.2. The number of esters is 1. The molecule has 17 heavy (non-hydrogen) atoms. The van der Waals surface area contributed by atoms with E-state index in [1.54, 1.807) is 0 Å². The fraction of sp³-hybridized carbons (Fsp3) is 0.923. The molecule has 4 heteroatoms. The molecular weight excluding hydrogens is 234 g/mol. The molecule has 0 bridgehead atoms. The molecule has 1 saturated heterocycles. The lowest BCUT2D eigenvalue weighted by Gasteiger charge is -2.27. The molecule has 3 unspecified atom stereocenters. The van der Waals surface area contributed by atoms with Gasteiger partial charge in [-0.05, 0) is 24.7 Å². The van der Waals surface area contributed by atoms with E-state index in [4.69, 9.17) is 4.74 Å². The number of hydrogen-bond donors (Lipinski definition) is 1. The van der Waals surface area contributed by atoms with Crippen LogP contribution in [0.3, 0.4) is 0 Å². The third kappa shape index (κ3) is 4.18. The second-order valence-corrected chi connectivity index (χ2v) is 6.50. The van der Waals surface area contributed by atoms with E-state index in [1.165, 1.54) is 25.7 Å². The topological polar surface area (TPSA) is 38.3 Å². The fourth-order valence-corrected chi connectivity index (χ4v) is 3.65. The van der Waals surface area contributed by atoms with Crippen LogP contribution in [-0.2, 0) is 9.53 Å². The first-order valence-electron chi connectivity index (χ1n) is 6.73. The van der Waals surface area contributed by atoms with Crippen LogP contribution in [0.2, 0.25) is 0 Å². The number of carbonyl (C=O) groups is 1. The zero-order chi connectivity index (χ0) is 12.1. The van der Waals surface area contributed by atoms with Gasteiger partial charge in [0, 0.05) is 18.1 Å². The Morgan fingerprint density at radius 1 is 1.47 bits per heavy atom. The van der Waals surface area contributed by atoms with Crippen LogP contribution in [0, 0.1) is 11.8 Å². The second kappa shape index (κ2) is 6.64. The first-order valence-corrected chi connectivity index (χ1v) is 7.89. The van der Waals surface area contributed by atoms with Crippen LogP contribution in [0.1, 0.15) is 32.6 Å². The number of nitrogens with one attached hydrogen (secondary N) is 1. The van der Waals surface area contributed by atoms with Crippen molar-refractivity contribution in [3.8, 4) is 0 Å². The Morgan fingerprint density at radius 2 is 2.35 bits per heavy atom. The predicted octanol–water partition coefficient (Wildman–Crippen LogP) is 2.06. The molecular formula is C13H23NO2S. The Bertz CT molecular complexity index is 254. The minimum Gasteiger partial charge on any atom is -0.464 e. The van der Waals surface area contributed by atoms with Gasteiger partial charge >= 0.3 is 5.97 Å². The highest BCUT2D eigenvalue weighted by molar-refractivity contribution is 7.99. The quantitative estimate of drug-likeness (QED) is 0.786. The maximum Gasteiger partial charge on any atom is 0.324 e. The third-order valence-corrected chi connectivity index (χ3v) is 4.77. The molecule has 2 aliphatic rings. The Labute approximate surface area is 108 Å². The average molecular weight is 257 g/mol. The fourth-order valence-electron chi connectivity index (χ4n) is 2.73. The lowest BCUT2D eigenvalue weighted by molar-refractivity contribution is -0.147. The molecule has 1 heterocycles. The van der Waals surface area contributed by atoms with E-state index < -0.39 is 0 Å². The summed E-state index contributed by atoms with van der Waals surface area (Å²) in [5.74, 6) is 3.31. The van der Waals surface area contributed by atoms with Gasteiger partial charge in [0.1, 0.15) is 6.04 Å². The number of thioether (sulfide) groups is 1. The normalized spacial score (nSPS) is 34.3. The molecule has 1 aliphatic carbocycles. The van der Waals surface area contributed by atoms with E-state index in [2.05, 4.69) is 12.2 Å². The maximum absolute atomic E-state index is 11.8. The van der Waals surface area contributed by atoms with Gasteiger partial charge in [-0.3, -0.25) is 4.79 Å². The highest BCUT2D eigenvalue weighted by Crippen LogP contribution is 2.28. The van der Waals surface area contributed by atoms with E-state index >= 15 is 0 Å². The van der Waals surface area contributed by atoms with Gasteiger partial charge in [0.15, 0.2) is 0 Å². The number of carbonyl (C=O) groups excluding carboxylic acids is 1. The van der Waals surface area contributed by atoms with Crippen LogP contribution in [0.5, 0.6) is 0 Å². The van der Waals surface area contributed by atoms with Crippen molar-refractivity contribution in [3.05, 3.63) is 0 Å². The molecule has 0 radical (unpaired) electrons. The van der Waals surface area contributed by atoms with E-state index in [9.17, 15) is 4.79 Å². The molecule has 0 amide bonds. The summed E-state index contributed by atoms with van der Waals surface area (Å²) >= 11 is 1.83. The van der Waals surface area contributed by atoms with Crippen LogP contribution in [0.15, 0.2) is 0 Å². The van der Waals surface area contributed by atoms with E-state index in [0.717, 1.165) is 24.0 Å². The van der Waals surface area contributed by atoms with Crippen molar-refractivity contribution in [2.24, 2.45) is 11.8 Å². The van der Waals surface area contributed by atoms with E-state index in [1.807, 2.05) is 11.8 Å². The molecule has 0 aromatic carbocycles. The number of hydrogen-bond acceptors (Lipinski definition) is 4. The minimum atomic E-state index is -0.0743. The van der Waals surface area contributed by atoms with Crippen molar-refractivity contribution in [1.82, 2.24) is 5.32 Å². The lowest BCUT2D eigenvalue weighted by Crippen LogP contribution is -2.44. The van der Waals surface area contributed by atoms with Gasteiger partial charge in [-0.1, -0.05) is 19.8 Å². The molecule has 3 nitrogen and oxygen atoms in total. The maximum atomic E-state index is 11.8. The molecule has 0 aromatic rings. The number of ether oxygens (including phenoxy) is 1. The highest BCUT2D eigenvalue weighted by Gasteiger charge is 2.25.